The minimum absolute atomic E-state index is 0.323. The van der Waals surface area contributed by atoms with E-state index in [-0.39, 0.29) is 12.1 Å². The molecular formula is C13H20N4O3. The first-order chi connectivity index (χ1) is 9.41. The molecule has 7 nitrogen and oxygen atoms in total. The van der Waals surface area contributed by atoms with Crippen molar-refractivity contribution < 1.29 is 14.7 Å². The number of aromatic nitrogens is 2. The molecule has 0 aliphatic heterocycles. The fraction of sp³-hybridized carbons (Fsp3) is 0.615. The normalized spacial score (nSPS) is 25.4. The van der Waals surface area contributed by atoms with Crippen LogP contribution in [0.5, 0.6) is 0 Å². The van der Waals surface area contributed by atoms with Crippen LogP contribution in [0.2, 0.25) is 0 Å². The SMILES string of the molecule is Cn1ccc(CNC(=O)NC2CCCC2(C)C(=O)O)n1. The zero-order valence-electron chi connectivity index (χ0n) is 11.7. The highest BCUT2D eigenvalue weighted by molar-refractivity contribution is 5.79. The van der Waals surface area contributed by atoms with E-state index in [4.69, 9.17) is 0 Å². The molecule has 7 heteroatoms. The molecule has 0 aromatic carbocycles. The highest BCUT2D eigenvalue weighted by atomic mass is 16.4. The minimum atomic E-state index is -0.873. The van der Waals surface area contributed by atoms with Crippen LogP contribution in [0.4, 0.5) is 4.79 Å². The number of carboxylic acids is 1. The third kappa shape index (κ3) is 2.92. The molecule has 1 aliphatic rings. The van der Waals surface area contributed by atoms with E-state index in [9.17, 15) is 14.7 Å². The van der Waals surface area contributed by atoms with Crippen molar-refractivity contribution in [2.75, 3.05) is 0 Å². The number of carbonyl (C=O) groups is 2. The molecule has 0 spiro atoms. The molecule has 0 saturated heterocycles. The number of aliphatic carboxylic acids is 1. The molecule has 2 amide bonds. The van der Waals surface area contributed by atoms with Gasteiger partial charge in [0.1, 0.15) is 0 Å². The average Bonchev–Trinajstić information content (AvgIpc) is 2.95. The Bertz CT molecular complexity index is 513. The van der Waals surface area contributed by atoms with Gasteiger partial charge in [-0.25, -0.2) is 4.79 Å². The summed E-state index contributed by atoms with van der Waals surface area (Å²) in [6.07, 6.45) is 3.90. The van der Waals surface area contributed by atoms with Crippen molar-refractivity contribution in [3.05, 3.63) is 18.0 Å². The first kappa shape index (κ1) is 14.4. The Kier molecular flexibility index (Phi) is 3.96. The highest BCUT2D eigenvalue weighted by Crippen LogP contribution is 2.38. The van der Waals surface area contributed by atoms with Crippen LogP contribution in [-0.4, -0.2) is 32.9 Å². The summed E-state index contributed by atoms with van der Waals surface area (Å²) in [4.78, 5) is 23.2. The van der Waals surface area contributed by atoms with Gasteiger partial charge >= 0.3 is 12.0 Å². The van der Waals surface area contributed by atoms with Gasteiger partial charge in [-0.05, 0) is 25.8 Å². The van der Waals surface area contributed by atoms with Crippen molar-refractivity contribution in [2.45, 2.75) is 38.8 Å². The van der Waals surface area contributed by atoms with Crippen molar-refractivity contribution in [2.24, 2.45) is 12.5 Å². The molecule has 2 rings (SSSR count). The Balaban J connectivity index is 1.86. The molecular weight excluding hydrogens is 260 g/mol. The van der Waals surface area contributed by atoms with E-state index in [1.165, 1.54) is 0 Å². The van der Waals surface area contributed by atoms with Crippen LogP contribution < -0.4 is 10.6 Å². The predicted octanol–water partition coefficient (Wildman–Crippen LogP) is 0.863. The van der Waals surface area contributed by atoms with Gasteiger partial charge in [-0.15, -0.1) is 0 Å². The van der Waals surface area contributed by atoms with Gasteiger partial charge in [-0.2, -0.15) is 5.10 Å². The van der Waals surface area contributed by atoms with E-state index in [0.717, 1.165) is 12.1 Å². The Hall–Kier alpha value is -2.05. The first-order valence-corrected chi connectivity index (χ1v) is 6.68. The molecule has 1 heterocycles. The number of rotatable bonds is 4. The molecule has 1 saturated carbocycles. The van der Waals surface area contributed by atoms with Crippen molar-refractivity contribution in [1.82, 2.24) is 20.4 Å². The summed E-state index contributed by atoms with van der Waals surface area (Å²) in [7, 11) is 1.81. The fourth-order valence-electron chi connectivity index (χ4n) is 2.59. The van der Waals surface area contributed by atoms with Gasteiger partial charge in [-0.1, -0.05) is 6.42 Å². The lowest BCUT2D eigenvalue weighted by molar-refractivity contribution is -0.148. The van der Waals surface area contributed by atoms with Crippen LogP contribution in [0.1, 0.15) is 31.9 Å². The van der Waals surface area contributed by atoms with Crippen molar-refractivity contribution in [3.63, 3.8) is 0 Å². The molecule has 0 radical (unpaired) electrons. The summed E-state index contributed by atoms with van der Waals surface area (Å²) in [6.45, 7) is 2.01. The van der Waals surface area contributed by atoms with Gasteiger partial charge in [0.2, 0.25) is 0 Å². The zero-order chi connectivity index (χ0) is 14.8. The van der Waals surface area contributed by atoms with Crippen molar-refractivity contribution in [1.29, 1.82) is 0 Å². The number of nitrogens with zero attached hydrogens (tertiary/aromatic N) is 2. The molecule has 3 N–H and O–H groups in total. The molecule has 20 heavy (non-hydrogen) atoms. The quantitative estimate of drug-likeness (QED) is 0.762. The van der Waals surface area contributed by atoms with E-state index >= 15 is 0 Å². The molecule has 1 aliphatic carbocycles. The van der Waals surface area contributed by atoms with E-state index < -0.39 is 11.4 Å². The van der Waals surface area contributed by atoms with Gasteiger partial charge in [-0.3, -0.25) is 9.48 Å². The number of hydrogen-bond acceptors (Lipinski definition) is 3. The average molecular weight is 280 g/mol. The lowest BCUT2D eigenvalue weighted by Gasteiger charge is -2.27. The lowest BCUT2D eigenvalue weighted by Crippen LogP contribution is -2.50. The van der Waals surface area contributed by atoms with Crippen molar-refractivity contribution in [3.8, 4) is 0 Å². The number of carbonyl (C=O) groups excluding carboxylic acids is 1. The summed E-state index contributed by atoms with van der Waals surface area (Å²) in [6, 6.07) is 1.13. The predicted molar refractivity (Wildman–Crippen MR) is 72.0 cm³/mol. The van der Waals surface area contributed by atoms with Crippen LogP contribution in [0.15, 0.2) is 12.3 Å². The molecule has 110 valence electrons. The van der Waals surface area contributed by atoms with E-state index in [2.05, 4.69) is 15.7 Å². The fourth-order valence-corrected chi connectivity index (χ4v) is 2.59. The Morgan fingerprint density at radius 2 is 2.35 bits per heavy atom. The molecule has 1 fully saturated rings. The minimum Gasteiger partial charge on any atom is -0.481 e. The standard InChI is InChI=1S/C13H20N4O3/c1-13(11(18)19)6-3-4-10(13)15-12(20)14-8-9-5-7-17(2)16-9/h5,7,10H,3-4,6,8H2,1-2H3,(H,18,19)(H2,14,15,20). The number of carboxylic acid groups (broad SMARTS) is 1. The summed E-state index contributed by atoms with van der Waals surface area (Å²) >= 11 is 0. The maximum atomic E-state index is 11.8. The second-order valence-electron chi connectivity index (χ2n) is 5.48. The third-order valence-electron chi connectivity index (χ3n) is 3.95. The molecule has 0 bridgehead atoms. The van der Waals surface area contributed by atoms with Gasteiger partial charge in [0.15, 0.2) is 0 Å². The van der Waals surface area contributed by atoms with Gasteiger partial charge in [0, 0.05) is 19.3 Å². The van der Waals surface area contributed by atoms with E-state index in [1.807, 2.05) is 6.07 Å². The number of aryl methyl sites for hydroxylation is 1. The number of nitrogens with one attached hydrogen (secondary N) is 2. The topological polar surface area (TPSA) is 96.2 Å². The maximum Gasteiger partial charge on any atom is 0.315 e. The highest BCUT2D eigenvalue weighted by Gasteiger charge is 2.45. The van der Waals surface area contributed by atoms with Gasteiger partial charge in [0.05, 0.1) is 17.7 Å². The van der Waals surface area contributed by atoms with Crippen LogP contribution in [0, 0.1) is 5.41 Å². The van der Waals surface area contributed by atoms with Crippen LogP contribution in [0.3, 0.4) is 0 Å². The summed E-state index contributed by atoms with van der Waals surface area (Å²) < 4.78 is 1.66. The van der Waals surface area contributed by atoms with Crippen LogP contribution >= 0.6 is 0 Å². The van der Waals surface area contributed by atoms with Crippen LogP contribution in [0.25, 0.3) is 0 Å². The molecule has 2 unspecified atom stereocenters. The second kappa shape index (κ2) is 5.52. The maximum absolute atomic E-state index is 11.8. The van der Waals surface area contributed by atoms with Crippen LogP contribution in [-0.2, 0) is 18.4 Å². The smallest absolute Gasteiger partial charge is 0.315 e. The second-order valence-corrected chi connectivity index (χ2v) is 5.48. The van der Waals surface area contributed by atoms with E-state index in [0.29, 0.717) is 19.4 Å². The largest absolute Gasteiger partial charge is 0.481 e. The summed E-state index contributed by atoms with van der Waals surface area (Å²) in [5.74, 6) is -0.856. The Morgan fingerprint density at radius 3 is 2.95 bits per heavy atom. The Labute approximate surface area is 117 Å². The third-order valence-corrected chi connectivity index (χ3v) is 3.95. The van der Waals surface area contributed by atoms with Gasteiger partial charge < -0.3 is 15.7 Å². The number of urea groups is 1. The first-order valence-electron chi connectivity index (χ1n) is 6.68. The van der Waals surface area contributed by atoms with E-state index in [1.54, 1.807) is 24.9 Å². The van der Waals surface area contributed by atoms with Gasteiger partial charge in [0.25, 0.3) is 0 Å². The molecule has 1 aromatic rings. The zero-order valence-corrected chi connectivity index (χ0v) is 11.7. The summed E-state index contributed by atoms with van der Waals surface area (Å²) in [5.41, 5.74) is -0.113. The number of amides is 2. The molecule has 2 atom stereocenters. The lowest BCUT2D eigenvalue weighted by atomic mass is 9.85. The Morgan fingerprint density at radius 1 is 1.60 bits per heavy atom. The number of hydrogen-bond donors (Lipinski definition) is 3. The summed E-state index contributed by atoms with van der Waals surface area (Å²) in [5, 5.41) is 18.9. The molecule has 1 aromatic heterocycles. The monoisotopic (exact) mass is 280 g/mol. The van der Waals surface area contributed by atoms with Crippen molar-refractivity contribution >= 4 is 12.0 Å².